The number of hydrogen-bond donors (Lipinski definition) is 1. The van der Waals surface area contributed by atoms with Crippen LogP contribution in [0.1, 0.15) is 22.8 Å². The second kappa shape index (κ2) is 8.19. The first-order chi connectivity index (χ1) is 14.1. The van der Waals surface area contributed by atoms with Crippen molar-refractivity contribution in [2.24, 2.45) is 0 Å². The standard InChI is InChI=1S/C26H23NO2/c1-18-15-16-19(2)23(17-18)27-26(28)25(21-10-4-3-5-11-21)29-24-14-8-12-20-9-6-7-13-22(20)24/h3-17,25H,1-2H3,(H,27,28)/t25-/m0/s1. The van der Waals surface area contributed by atoms with E-state index in [1.54, 1.807) is 0 Å². The molecule has 0 bridgehead atoms. The van der Waals surface area contributed by atoms with Crippen LogP contribution < -0.4 is 10.1 Å². The fraction of sp³-hybridized carbons (Fsp3) is 0.115. The van der Waals surface area contributed by atoms with Gasteiger partial charge < -0.3 is 10.1 Å². The number of anilines is 1. The van der Waals surface area contributed by atoms with Gasteiger partial charge in [0.1, 0.15) is 5.75 Å². The van der Waals surface area contributed by atoms with E-state index >= 15 is 0 Å². The van der Waals surface area contributed by atoms with Crippen LogP contribution in [-0.4, -0.2) is 5.91 Å². The van der Waals surface area contributed by atoms with E-state index < -0.39 is 6.10 Å². The van der Waals surface area contributed by atoms with Gasteiger partial charge in [0.05, 0.1) is 0 Å². The van der Waals surface area contributed by atoms with Crippen LogP contribution >= 0.6 is 0 Å². The third-order valence-electron chi connectivity index (χ3n) is 4.99. The molecular weight excluding hydrogens is 358 g/mol. The predicted octanol–water partition coefficient (Wildman–Crippen LogP) is 6.22. The Bertz CT molecular complexity index is 1150. The topological polar surface area (TPSA) is 38.3 Å². The van der Waals surface area contributed by atoms with Gasteiger partial charge >= 0.3 is 0 Å². The van der Waals surface area contributed by atoms with E-state index in [0.717, 1.165) is 33.2 Å². The summed E-state index contributed by atoms with van der Waals surface area (Å²) in [6.07, 6.45) is -0.762. The molecule has 4 rings (SSSR count). The Morgan fingerprint density at radius 1 is 0.828 bits per heavy atom. The van der Waals surface area contributed by atoms with Crippen molar-refractivity contribution in [2.45, 2.75) is 20.0 Å². The maximum atomic E-state index is 13.3. The zero-order chi connectivity index (χ0) is 20.2. The molecule has 1 amide bonds. The summed E-state index contributed by atoms with van der Waals surface area (Å²) >= 11 is 0. The summed E-state index contributed by atoms with van der Waals surface area (Å²) in [7, 11) is 0. The van der Waals surface area contributed by atoms with Crippen molar-refractivity contribution >= 4 is 22.4 Å². The van der Waals surface area contributed by atoms with Gasteiger partial charge in [-0.05, 0) is 42.5 Å². The van der Waals surface area contributed by atoms with Crippen molar-refractivity contribution in [1.29, 1.82) is 0 Å². The highest BCUT2D eigenvalue weighted by atomic mass is 16.5. The Morgan fingerprint density at radius 3 is 2.38 bits per heavy atom. The number of rotatable bonds is 5. The number of benzene rings is 4. The minimum Gasteiger partial charge on any atom is -0.475 e. The van der Waals surface area contributed by atoms with E-state index in [1.165, 1.54) is 0 Å². The summed E-state index contributed by atoms with van der Waals surface area (Å²) in [4.78, 5) is 13.3. The zero-order valence-electron chi connectivity index (χ0n) is 16.6. The van der Waals surface area contributed by atoms with Crippen LogP contribution in [0.5, 0.6) is 5.75 Å². The predicted molar refractivity (Wildman–Crippen MR) is 118 cm³/mol. The number of carbonyl (C=O) groups excluding carboxylic acids is 1. The molecule has 0 saturated heterocycles. The van der Waals surface area contributed by atoms with E-state index in [4.69, 9.17) is 4.74 Å². The molecule has 0 spiro atoms. The Labute approximate surface area is 171 Å². The van der Waals surface area contributed by atoms with Gasteiger partial charge in [-0.25, -0.2) is 0 Å². The fourth-order valence-corrected chi connectivity index (χ4v) is 3.39. The summed E-state index contributed by atoms with van der Waals surface area (Å²) in [5.74, 6) is 0.492. The van der Waals surface area contributed by atoms with Gasteiger partial charge in [0.15, 0.2) is 0 Å². The number of carbonyl (C=O) groups is 1. The molecule has 0 aromatic heterocycles. The highest BCUT2D eigenvalue weighted by Crippen LogP contribution is 2.30. The average molecular weight is 381 g/mol. The molecule has 0 heterocycles. The highest BCUT2D eigenvalue weighted by molar-refractivity contribution is 5.96. The van der Waals surface area contributed by atoms with Gasteiger partial charge in [-0.2, -0.15) is 0 Å². The van der Waals surface area contributed by atoms with Gasteiger partial charge in [0.2, 0.25) is 6.10 Å². The lowest BCUT2D eigenvalue weighted by molar-refractivity contribution is -0.123. The monoisotopic (exact) mass is 381 g/mol. The summed E-state index contributed by atoms with van der Waals surface area (Å²) < 4.78 is 6.31. The molecule has 0 fully saturated rings. The number of fused-ring (bicyclic) bond motifs is 1. The molecule has 4 aromatic carbocycles. The van der Waals surface area contributed by atoms with Crippen molar-refractivity contribution in [3.8, 4) is 5.75 Å². The summed E-state index contributed by atoms with van der Waals surface area (Å²) in [5, 5.41) is 5.11. The molecule has 0 unspecified atom stereocenters. The van der Waals surface area contributed by atoms with Crippen LogP contribution in [0, 0.1) is 13.8 Å². The molecule has 0 aliphatic carbocycles. The number of amides is 1. The van der Waals surface area contributed by atoms with Crippen molar-refractivity contribution in [3.05, 3.63) is 108 Å². The van der Waals surface area contributed by atoms with Gasteiger partial charge in [0.25, 0.3) is 5.91 Å². The van der Waals surface area contributed by atoms with Crippen molar-refractivity contribution < 1.29 is 9.53 Å². The van der Waals surface area contributed by atoms with Gasteiger partial charge in [-0.15, -0.1) is 0 Å². The SMILES string of the molecule is Cc1ccc(C)c(NC(=O)[C@@H](Oc2cccc3ccccc23)c2ccccc2)c1. The van der Waals surface area contributed by atoms with Crippen LogP contribution in [0.15, 0.2) is 91.0 Å². The first-order valence-corrected chi connectivity index (χ1v) is 9.69. The largest absolute Gasteiger partial charge is 0.475 e. The molecule has 1 atom stereocenters. The van der Waals surface area contributed by atoms with Crippen LogP contribution in [-0.2, 0) is 4.79 Å². The maximum Gasteiger partial charge on any atom is 0.270 e. The molecule has 0 aliphatic rings. The zero-order valence-corrected chi connectivity index (χ0v) is 16.6. The molecule has 4 aromatic rings. The Morgan fingerprint density at radius 2 is 1.55 bits per heavy atom. The van der Waals surface area contributed by atoms with Gasteiger partial charge in [-0.3, -0.25) is 4.79 Å². The van der Waals surface area contributed by atoms with E-state index in [2.05, 4.69) is 5.32 Å². The summed E-state index contributed by atoms with van der Waals surface area (Å²) in [6, 6.07) is 29.5. The quantitative estimate of drug-likeness (QED) is 0.446. The minimum absolute atomic E-state index is 0.196. The molecule has 0 saturated carbocycles. The molecule has 29 heavy (non-hydrogen) atoms. The summed E-state index contributed by atoms with van der Waals surface area (Å²) in [6.45, 7) is 3.99. The lowest BCUT2D eigenvalue weighted by Crippen LogP contribution is -2.26. The second-order valence-electron chi connectivity index (χ2n) is 7.19. The third kappa shape index (κ3) is 4.14. The van der Waals surface area contributed by atoms with Crippen LogP contribution in [0.2, 0.25) is 0 Å². The van der Waals surface area contributed by atoms with Gasteiger partial charge in [0, 0.05) is 16.6 Å². The highest BCUT2D eigenvalue weighted by Gasteiger charge is 2.24. The van der Waals surface area contributed by atoms with Crippen LogP contribution in [0.3, 0.4) is 0 Å². The van der Waals surface area contributed by atoms with E-state index in [0.29, 0.717) is 5.75 Å². The maximum absolute atomic E-state index is 13.3. The second-order valence-corrected chi connectivity index (χ2v) is 7.19. The van der Waals surface area contributed by atoms with Crippen LogP contribution in [0.4, 0.5) is 5.69 Å². The normalized spacial score (nSPS) is 11.8. The fourth-order valence-electron chi connectivity index (χ4n) is 3.39. The average Bonchev–Trinajstić information content (AvgIpc) is 2.75. The Balaban J connectivity index is 1.70. The smallest absolute Gasteiger partial charge is 0.270 e. The molecule has 0 aliphatic heterocycles. The van der Waals surface area contributed by atoms with Gasteiger partial charge in [-0.1, -0.05) is 78.9 Å². The first kappa shape index (κ1) is 18.8. The Kier molecular flexibility index (Phi) is 5.30. The number of nitrogens with one attached hydrogen (secondary N) is 1. The molecule has 3 heteroatoms. The molecule has 0 radical (unpaired) electrons. The number of aryl methyl sites for hydroxylation is 2. The molecule has 144 valence electrons. The summed E-state index contributed by atoms with van der Waals surface area (Å²) in [5.41, 5.74) is 3.72. The number of hydrogen-bond acceptors (Lipinski definition) is 2. The minimum atomic E-state index is -0.762. The third-order valence-corrected chi connectivity index (χ3v) is 4.99. The molecular formula is C26H23NO2. The van der Waals surface area contributed by atoms with E-state index in [-0.39, 0.29) is 5.91 Å². The van der Waals surface area contributed by atoms with Crippen molar-refractivity contribution in [3.63, 3.8) is 0 Å². The van der Waals surface area contributed by atoms with Crippen molar-refractivity contribution in [1.82, 2.24) is 0 Å². The van der Waals surface area contributed by atoms with Crippen molar-refractivity contribution in [2.75, 3.05) is 5.32 Å². The number of ether oxygens (including phenoxy) is 1. The Hall–Kier alpha value is -3.59. The van der Waals surface area contributed by atoms with Crippen LogP contribution in [0.25, 0.3) is 10.8 Å². The lowest BCUT2D eigenvalue weighted by Gasteiger charge is -2.21. The first-order valence-electron chi connectivity index (χ1n) is 9.69. The van der Waals surface area contributed by atoms with E-state index in [9.17, 15) is 4.79 Å². The van der Waals surface area contributed by atoms with E-state index in [1.807, 2.05) is 105 Å². The molecule has 1 N–H and O–H groups in total. The lowest BCUT2D eigenvalue weighted by atomic mass is 10.1. The molecule has 3 nitrogen and oxygen atoms in total.